The van der Waals surface area contributed by atoms with Gasteiger partial charge >= 0.3 is 0 Å². The number of hydrogen-bond acceptors (Lipinski definition) is 5. The van der Waals surface area contributed by atoms with Gasteiger partial charge in [-0.1, -0.05) is 11.6 Å². The lowest BCUT2D eigenvalue weighted by atomic mass is 10.0. The van der Waals surface area contributed by atoms with Crippen molar-refractivity contribution in [2.75, 3.05) is 13.1 Å². The van der Waals surface area contributed by atoms with Gasteiger partial charge in [-0.25, -0.2) is 0 Å². The number of hydrogen-bond donors (Lipinski definition) is 1. The van der Waals surface area contributed by atoms with E-state index in [-0.39, 0.29) is 0 Å². The zero-order valence-electron chi connectivity index (χ0n) is 12.6. The van der Waals surface area contributed by atoms with Crippen molar-refractivity contribution in [2.24, 2.45) is 0 Å². The van der Waals surface area contributed by atoms with Crippen molar-refractivity contribution in [2.45, 2.75) is 70.5 Å². The largest absolute Gasteiger partial charge is 0.338 e. The number of aromatic nitrogens is 2. The molecule has 2 fully saturated rings. The van der Waals surface area contributed by atoms with Crippen molar-refractivity contribution < 1.29 is 4.52 Å². The summed E-state index contributed by atoms with van der Waals surface area (Å²) in [5, 5.41) is 7.72. The molecule has 1 atom stereocenters. The van der Waals surface area contributed by atoms with Crippen LogP contribution in [0.4, 0.5) is 0 Å². The lowest BCUT2D eigenvalue weighted by Crippen LogP contribution is -2.45. The van der Waals surface area contributed by atoms with Gasteiger partial charge in [-0.15, -0.1) is 0 Å². The number of rotatable bonds is 6. The molecule has 5 heteroatoms. The maximum absolute atomic E-state index is 5.41. The Morgan fingerprint density at radius 2 is 2.15 bits per heavy atom. The number of nitrogens with one attached hydrogen (secondary N) is 1. The van der Waals surface area contributed by atoms with Crippen molar-refractivity contribution in [3.63, 3.8) is 0 Å². The van der Waals surface area contributed by atoms with Crippen LogP contribution in [0.1, 0.15) is 63.6 Å². The predicted molar refractivity (Wildman–Crippen MR) is 77.5 cm³/mol. The zero-order valence-corrected chi connectivity index (χ0v) is 12.6. The van der Waals surface area contributed by atoms with Gasteiger partial charge in [0.1, 0.15) is 0 Å². The average molecular weight is 278 g/mol. The minimum atomic E-state index is 0.495. The van der Waals surface area contributed by atoms with Crippen LogP contribution in [-0.4, -0.2) is 40.2 Å². The van der Waals surface area contributed by atoms with Crippen molar-refractivity contribution in [1.82, 2.24) is 20.4 Å². The van der Waals surface area contributed by atoms with E-state index in [9.17, 15) is 0 Å². The first-order chi connectivity index (χ1) is 9.72. The molecule has 3 rings (SSSR count). The Labute approximate surface area is 121 Å². The third-order valence-corrected chi connectivity index (χ3v) is 4.36. The molecule has 2 heterocycles. The van der Waals surface area contributed by atoms with E-state index in [1.807, 2.05) is 0 Å². The van der Waals surface area contributed by atoms with Crippen molar-refractivity contribution in [1.29, 1.82) is 0 Å². The average Bonchev–Trinajstić information content (AvgIpc) is 3.19. The Morgan fingerprint density at radius 3 is 2.80 bits per heavy atom. The Morgan fingerprint density at radius 1 is 1.30 bits per heavy atom. The van der Waals surface area contributed by atoms with Gasteiger partial charge in [0.05, 0.1) is 6.54 Å². The molecule has 0 spiro atoms. The highest BCUT2D eigenvalue weighted by atomic mass is 16.5. The number of nitrogens with zero attached hydrogens (tertiary/aromatic N) is 3. The summed E-state index contributed by atoms with van der Waals surface area (Å²) in [4.78, 5) is 6.99. The first-order valence-corrected chi connectivity index (χ1v) is 8.02. The van der Waals surface area contributed by atoms with E-state index in [0.29, 0.717) is 18.0 Å². The molecule has 112 valence electrons. The summed E-state index contributed by atoms with van der Waals surface area (Å²) in [5.74, 6) is 2.26. The van der Waals surface area contributed by atoms with E-state index >= 15 is 0 Å². The normalized spacial score (nSPS) is 23.7. The van der Waals surface area contributed by atoms with Gasteiger partial charge in [-0.2, -0.15) is 4.98 Å². The van der Waals surface area contributed by atoms with Gasteiger partial charge in [0.25, 0.3) is 0 Å². The predicted octanol–water partition coefficient (Wildman–Crippen LogP) is 2.30. The maximum Gasteiger partial charge on any atom is 0.240 e. The van der Waals surface area contributed by atoms with Gasteiger partial charge in [-0.3, -0.25) is 4.90 Å². The van der Waals surface area contributed by atoms with E-state index in [1.54, 1.807) is 0 Å². The topological polar surface area (TPSA) is 54.2 Å². The second-order valence-corrected chi connectivity index (χ2v) is 6.49. The summed E-state index contributed by atoms with van der Waals surface area (Å²) >= 11 is 0. The van der Waals surface area contributed by atoms with Crippen LogP contribution in [0, 0.1) is 0 Å². The van der Waals surface area contributed by atoms with E-state index in [1.165, 1.54) is 32.1 Å². The second-order valence-electron chi connectivity index (χ2n) is 6.49. The molecule has 1 saturated heterocycles. The van der Waals surface area contributed by atoms with Crippen LogP contribution in [0.15, 0.2) is 4.52 Å². The van der Waals surface area contributed by atoms with Crippen molar-refractivity contribution in [3.8, 4) is 0 Å². The lowest BCUT2D eigenvalue weighted by Gasteiger charge is -2.32. The summed E-state index contributed by atoms with van der Waals surface area (Å²) in [6, 6.07) is 1.10. The molecule has 0 amide bonds. The first kappa shape index (κ1) is 14.0. The van der Waals surface area contributed by atoms with Crippen LogP contribution in [0.25, 0.3) is 0 Å². The lowest BCUT2D eigenvalue weighted by molar-refractivity contribution is 0.157. The SMILES string of the molecule is CC(C)N(Cc1nc(C2CC2)no1)CC1CCCCN1. The first-order valence-electron chi connectivity index (χ1n) is 8.02. The Bertz CT molecular complexity index is 421. The quantitative estimate of drug-likeness (QED) is 0.865. The molecule has 1 unspecified atom stereocenters. The zero-order chi connectivity index (χ0) is 13.9. The highest BCUT2D eigenvalue weighted by Gasteiger charge is 2.29. The molecule has 1 aromatic heterocycles. The van der Waals surface area contributed by atoms with E-state index in [2.05, 4.69) is 34.2 Å². The van der Waals surface area contributed by atoms with Gasteiger partial charge < -0.3 is 9.84 Å². The molecule has 0 radical (unpaired) electrons. The molecule has 5 nitrogen and oxygen atoms in total. The fourth-order valence-corrected chi connectivity index (χ4v) is 2.83. The van der Waals surface area contributed by atoms with E-state index in [4.69, 9.17) is 4.52 Å². The summed E-state index contributed by atoms with van der Waals surface area (Å²) in [7, 11) is 0. The highest BCUT2D eigenvalue weighted by Crippen LogP contribution is 2.38. The van der Waals surface area contributed by atoms with Gasteiger partial charge in [0.15, 0.2) is 5.82 Å². The standard InChI is InChI=1S/C15H26N4O/c1-11(2)19(9-13-5-3-4-8-16-13)10-14-17-15(18-20-14)12-6-7-12/h11-13,16H,3-10H2,1-2H3. The molecule has 2 aliphatic rings. The number of piperidine rings is 1. The van der Waals surface area contributed by atoms with Crippen molar-refractivity contribution >= 4 is 0 Å². The second kappa shape index (κ2) is 6.22. The van der Waals surface area contributed by atoms with Gasteiger partial charge in [-0.05, 0) is 46.1 Å². The third kappa shape index (κ3) is 3.58. The van der Waals surface area contributed by atoms with Crippen LogP contribution >= 0.6 is 0 Å². The monoisotopic (exact) mass is 278 g/mol. The van der Waals surface area contributed by atoms with Gasteiger partial charge in [0.2, 0.25) is 5.89 Å². The Balaban J connectivity index is 1.57. The molecule has 0 bridgehead atoms. The molecule has 1 saturated carbocycles. The van der Waals surface area contributed by atoms with Crippen LogP contribution in [0.3, 0.4) is 0 Å². The molecular formula is C15H26N4O. The summed E-state index contributed by atoms with van der Waals surface area (Å²) in [5.41, 5.74) is 0. The maximum atomic E-state index is 5.41. The molecule has 1 aliphatic heterocycles. The summed E-state index contributed by atoms with van der Waals surface area (Å²) in [6.45, 7) is 7.47. The van der Waals surface area contributed by atoms with Crippen LogP contribution in [0.5, 0.6) is 0 Å². The Hall–Kier alpha value is -0.940. The van der Waals surface area contributed by atoms with Gasteiger partial charge in [0, 0.05) is 24.5 Å². The molecule has 1 aromatic rings. The summed E-state index contributed by atoms with van der Waals surface area (Å²) < 4.78 is 5.41. The van der Waals surface area contributed by atoms with Crippen LogP contribution in [0.2, 0.25) is 0 Å². The molecule has 1 N–H and O–H groups in total. The van der Waals surface area contributed by atoms with Crippen LogP contribution in [-0.2, 0) is 6.54 Å². The van der Waals surface area contributed by atoms with Crippen LogP contribution < -0.4 is 5.32 Å². The van der Waals surface area contributed by atoms with Crippen molar-refractivity contribution in [3.05, 3.63) is 11.7 Å². The fraction of sp³-hybridized carbons (Fsp3) is 0.867. The molecule has 1 aliphatic carbocycles. The smallest absolute Gasteiger partial charge is 0.240 e. The Kier molecular flexibility index (Phi) is 4.36. The minimum absolute atomic E-state index is 0.495. The fourth-order valence-electron chi connectivity index (χ4n) is 2.83. The summed E-state index contributed by atoms with van der Waals surface area (Å²) in [6.07, 6.45) is 6.38. The van der Waals surface area contributed by atoms with E-state index in [0.717, 1.165) is 31.3 Å². The molecule has 20 heavy (non-hydrogen) atoms. The molecule has 0 aromatic carbocycles. The van der Waals surface area contributed by atoms with E-state index < -0.39 is 0 Å². The molecular weight excluding hydrogens is 252 g/mol. The minimum Gasteiger partial charge on any atom is -0.338 e. The highest BCUT2D eigenvalue weighted by molar-refractivity contribution is 5.03. The third-order valence-electron chi connectivity index (χ3n) is 4.36.